The summed E-state index contributed by atoms with van der Waals surface area (Å²) in [5, 5.41) is 0. The highest BCUT2D eigenvalue weighted by atomic mass is 13.9. The molecule has 0 aliphatic carbocycles. The van der Waals surface area contributed by atoms with E-state index in [1.54, 1.807) is 0 Å². The van der Waals surface area contributed by atoms with Crippen LogP contribution in [0.2, 0.25) is 0 Å². The first-order chi connectivity index (χ1) is 4.63. The molecule has 0 amide bonds. The average molecular weight is 137 g/mol. The molecule has 0 N–H and O–H groups in total. The molecule has 10 heavy (non-hydrogen) atoms. The van der Waals surface area contributed by atoms with Gasteiger partial charge in [-0.2, -0.15) is 0 Å². The van der Waals surface area contributed by atoms with E-state index in [1.807, 2.05) is 0 Å². The molecule has 0 aliphatic rings. The van der Waals surface area contributed by atoms with E-state index < -0.39 is 0 Å². The predicted molar refractivity (Wildman–Crippen MR) is 46.7 cm³/mol. The molecule has 0 aromatic rings. The second-order valence-corrected chi connectivity index (χ2v) is 3.07. The molecule has 0 aliphatic heterocycles. The Morgan fingerprint density at radius 1 is 1.60 bits per heavy atom. The van der Waals surface area contributed by atoms with E-state index in [1.165, 1.54) is 5.57 Å². The maximum atomic E-state index is 3.82. The molecule has 0 aromatic carbocycles. The molecule has 0 atom stereocenters. The van der Waals surface area contributed by atoms with Gasteiger partial charge in [0.05, 0.1) is 0 Å². The van der Waals surface area contributed by atoms with Crippen LogP contribution in [0.1, 0.15) is 33.6 Å². The lowest BCUT2D eigenvalue weighted by atomic mass is 10.1. The van der Waals surface area contributed by atoms with Gasteiger partial charge in [-0.3, -0.25) is 0 Å². The van der Waals surface area contributed by atoms with Crippen LogP contribution in [0.3, 0.4) is 0 Å². The largest absolute Gasteiger partial charge is 0.100 e. The summed E-state index contributed by atoms with van der Waals surface area (Å²) in [7, 11) is 0. The highest BCUT2D eigenvalue weighted by molar-refractivity contribution is 4.90. The van der Waals surface area contributed by atoms with Crippen molar-refractivity contribution in [2.75, 3.05) is 0 Å². The molecule has 0 rings (SSSR count). The molecule has 0 aromatic heterocycles. The fourth-order valence-electron chi connectivity index (χ4n) is 0.605. The third kappa shape index (κ3) is 7.48. The first-order valence-electron chi connectivity index (χ1n) is 3.84. The number of allylic oxidation sites excluding steroid dienone is 3. The summed E-state index contributed by atoms with van der Waals surface area (Å²) >= 11 is 0. The molecule has 0 heterocycles. The summed E-state index contributed by atoms with van der Waals surface area (Å²) in [4.78, 5) is 0. The number of rotatable bonds is 4. The van der Waals surface area contributed by atoms with Crippen LogP contribution in [-0.2, 0) is 0 Å². The second kappa shape index (κ2) is 5.28. The van der Waals surface area contributed by atoms with Gasteiger partial charge in [0, 0.05) is 0 Å². The van der Waals surface area contributed by atoms with Crippen molar-refractivity contribution in [2.45, 2.75) is 33.6 Å². The molecule has 57 valence electrons. The fourth-order valence-corrected chi connectivity index (χ4v) is 0.605. The van der Waals surface area contributed by atoms with Gasteiger partial charge in [-0.05, 0) is 31.8 Å². The zero-order chi connectivity index (χ0) is 7.98. The molecule has 0 saturated carbocycles. The van der Waals surface area contributed by atoms with Gasteiger partial charge in [0.25, 0.3) is 0 Å². The molecule has 0 fully saturated rings. The van der Waals surface area contributed by atoms with Crippen molar-refractivity contribution in [1.82, 2.24) is 0 Å². The second-order valence-electron chi connectivity index (χ2n) is 3.07. The van der Waals surface area contributed by atoms with Crippen LogP contribution in [-0.4, -0.2) is 0 Å². The van der Waals surface area contributed by atoms with Crippen molar-refractivity contribution in [1.29, 1.82) is 0 Å². The Balaban J connectivity index is 3.27. The van der Waals surface area contributed by atoms with E-state index in [0.29, 0.717) is 5.92 Å². The Kier molecular flexibility index (Phi) is 5.00. The van der Waals surface area contributed by atoms with Crippen molar-refractivity contribution in [3.63, 3.8) is 0 Å². The summed E-state index contributed by atoms with van der Waals surface area (Å²) in [6, 6.07) is 0. The van der Waals surface area contributed by atoms with Crippen molar-refractivity contribution >= 4 is 0 Å². The van der Waals surface area contributed by atoms with Gasteiger partial charge in [0.1, 0.15) is 0 Å². The molecule has 0 spiro atoms. The number of hydrogen-bond donors (Lipinski definition) is 0. The minimum atomic E-state index is 0.630. The molecule has 0 heteroatoms. The lowest BCUT2D eigenvalue weighted by Gasteiger charge is -1.94. The van der Waals surface area contributed by atoms with Gasteiger partial charge in [-0.15, -0.1) is 6.58 Å². The number of hydrogen-bond acceptors (Lipinski definition) is 0. The lowest BCUT2D eigenvalue weighted by molar-refractivity contribution is 0.814. The third-order valence-corrected chi connectivity index (χ3v) is 1.15. The van der Waals surface area contributed by atoms with Crippen LogP contribution in [0.5, 0.6) is 0 Å². The van der Waals surface area contributed by atoms with Gasteiger partial charge in [-0.25, -0.2) is 0 Å². The molecular formula is C10H17. The Bertz CT molecular complexity index is 118. The van der Waals surface area contributed by atoms with E-state index >= 15 is 0 Å². The standard InChI is InChI=1S/C10H17/c1-9(2)7-5-6-8-10(3)4/h8,10H,1,5,7H2,2-4H3. The summed E-state index contributed by atoms with van der Waals surface area (Å²) < 4.78 is 0. The van der Waals surface area contributed by atoms with Crippen molar-refractivity contribution < 1.29 is 0 Å². The van der Waals surface area contributed by atoms with Gasteiger partial charge >= 0.3 is 0 Å². The topological polar surface area (TPSA) is 0 Å². The highest BCUT2D eigenvalue weighted by Crippen LogP contribution is 2.02. The summed E-state index contributed by atoms with van der Waals surface area (Å²) in [5.41, 5.74) is 1.24. The van der Waals surface area contributed by atoms with E-state index in [2.05, 4.69) is 39.5 Å². The summed E-state index contributed by atoms with van der Waals surface area (Å²) in [6.45, 7) is 10.2. The van der Waals surface area contributed by atoms with Crippen molar-refractivity contribution in [3.05, 3.63) is 24.3 Å². The quantitative estimate of drug-likeness (QED) is 0.521. The van der Waals surface area contributed by atoms with E-state index in [0.717, 1.165) is 12.8 Å². The molecule has 0 nitrogen and oxygen atoms in total. The zero-order valence-electron chi connectivity index (χ0n) is 7.28. The third-order valence-electron chi connectivity index (χ3n) is 1.15. The Labute approximate surface area is 64.6 Å². The zero-order valence-corrected chi connectivity index (χ0v) is 7.28. The smallest absolute Gasteiger partial charge is 0.0242 e. The van der Waals surface area contributed by atoms with Gasteiger partial charge < -0.3 is 0 Å². The SMILES string of the molecule is C=C(C)CC/[C]=C/C(C)C. The van der Waals surface area contributed by atoms with Gasteiger partial charge in [0.2, 0.25) is 0 Å². The molecule has 1 radical (unpaired) electrons. The fraction of sp³-hybridized carbons (Fsp3) is 0.600. The first-order valence-corrected chi connectivity index (χ1v) is 3.84. The summed E-state index contributed by atoms with van der Waals surface area (Å²) in [6.07, 6.45) is 7.44. The van der Waals surface area contributed by atoms with Crippen LogP contribution in [0, 0.1) is 12.0 Å². The molecule has 0 unspecified atom stereocenters. The van der Waals surface area contributed by atoms with Gasteiger partial charge in [-0.1, -0.05) is 25.5 Å². The lowest BCUT2D eigenvalue weighted by Crippen LogP contribution is -1.78. The summed E-state index contributed by atoms with van der Waals surface area (Å²) in [5.74, 6) is 0.630. The molecular weight excluding hydrogens is 120 g/mol. The van der Waals surface area contributed by atoms with Crippen LogP contribution >= 0.6 is 0 Å². The van der Waals surface area contributed by atoms with E-state index in [9.17, 15) is 0 Å². The van der Waals surface area contributed by atoms with Crippen LogP contribution in [0.15, 0.2) is 18.2 Å². The first kappa shape index (κ1) is 9.48. The molecule has 0 bridgehead atoms. The van der Waals surface area contributed by atoms with E-state index in [4.69, 9.17) is 0 Å². The van der Waals surface area contributed by atoms with Crippen molar-refractivity contribution in [3.8, 4) is 0 Å². The Hall–Kier alpha value is -0.520. The minimum Gasteiger partial charge on any atom is -0.100 e. The predicted octanol–water partition coefficient (Wildman–Crippen LogP) is 3.36. The highest BCUT2D eigenvalue weighted by Gasteiger charge is 1.85. The van der Waals surface area contributed by atoms with Crippen LogP contribution in [0.25, 0.3) is 0 Å². The van der Waals surface area contributed by atoms with Crippen LogP contribution in [0.4, 0.5) is 0 Å². The maximum Gasteiger partial charge on any atom is -0.0242 e. The normalized spacial score (nSPS) is 11.2. The maximum absolute atomic E-state index is 3.82. The molecule has 0 saturated heterocycles. The van der Waals surface area contributed by atoms with Gasteiger partial charge in [0.15, 0.2) is 0 Å². The average Bonchev–Trinajstić information content (AvgIpc) is 1.79. The Morgan fingerprint density at radius 3 is 2.60 bits per heavy atom. The monoisotopic (exact) mass is 137 g/mol. The van der Waals surface area contributed by atoms with Crippen LogP contribution < -0.4 is 0 Å². The Morgan fingerprint density at radius 2 is 2.20 bits per heavy atom. The minimum absolute atomic E-state index is 0.630. The van der Waals surface area contributed by atoms with Crippen molar-refractivity contribution in [2.24, 2.45) is 5.92 Å². The van der Waals surface area contributed by atoms with E-state index in [-0.39, 0.29) is 0 Å².